The van der Waals surface area contributed by atoms with Crippen molar-refractivity contribution >= 4 is 20.9 Å². The molecule has 0 amide bonds. The third-order valence-electron chi connectivity index (χ3n) is 7.52. The van der Waals surface area contributed by atoms with E-state index in [9.17, 15) is 8.42 Å². The lowest BCUT2D eigenvalue weighted by Gasteiger charge is -2.26. The summed E-state index contributed by atoms with van der Waals surface area (Å²) in [5.41, 5.74) is 0. The molecule has 4 unspecified atom stereocenters. The molecule has 0 bridgehead atoms. The first-order chi connectivity index (χ1) is 15.9. The van der Waals surface area contributed by atoms with Crippen LogP contribution in [0.25, 0.3) is 10.8 Å². The highest BCUT2D eigenvalue weighted by Crippen LogP contribution is 2.26. The zero-order chi connectivity index (χ0) is 27.9. The number of benzene rings is 2. The van der Waals surface area contributed by atoms with Crippen molar-refractivity contribution in [1.82, 2.24) is 0 Å². The van der Waals surface area contributed by atoms with Gasteiger partial charge in [-0.05, 0) is 58.1 Å². The van der Waals surface area contributed by atoms with E-state index in [2.05, 4.69) is 132 Å². The van der Waals surface area contributed by atoms with E-state index >= 15 is 0 Å². The average Bonchev–Trinajstić information content (AvgIpc) is 2.76. The maximum Gasteiger partial charge on any atom is 0.261 e. The highest BCUT2D eigenvalue weighted by atomic mass is 32.2. The number of rotatable bonds is 6. The smallest absolute Gasteiger partial charge is 0.261 e. The Morgan fingerprint density at radius 2 is 0.629 bits per heavy atom. The van der Waals surface area contributed by atoms with Crippen molar-refractivity contribution in [3.8, 4) is 0 Å². The minimum absolute atomic E-state index is 0.715. The Bertz CT molecular complexity index is 763. The molecule has 3 nitrogen and oxygen atoms in total. The van der Waals surface area contributed by atoms with Crippen LogP contribution in [0.15, 0.2) is 48.5 Å². The third-order valence-corrected chi connectivity index (χ3v) is 7.52. The molecular weight excluding hydrogens is 452 g/mol. The van der Waals surface area contributed by atoms with Crippen LogP contribution < -0.4 is 0 Å². The van der Waals surface area contributed by atoms with E-state index in [0.29, 0.717) is 6.26 Å². The van der Waals surface area contributed by atoms with Crippen molar-refractivity contribution in [2.75, 3.05) is 6.26 Å². The van der Waals surface area contributed by atoms with Crippen LogP contribution in [-0.4, -0.2) is 19.2 Å². The first-order valence-electron chi connectivity index (χ1n) is 13.3. The summed E-state index contributed by atoms with van der Waals surface area (Å²) in [5.74, 6) is 6.77. The van der Waals surface area contributed by atoms with Crippen molar-refractivity contribution in [3.63, 3.8) is 0 Å². The molecule has 0 aliphatic carbocycles. The zero-order valence-corrected chi connectivity index (χ0v) is 25.7. The van der Waals surface area contributed by atoms with Crippen LogP contribution in [0.5, 0.6) is 0 Å². The highest BCUT2D eigenvalue weighted by molar-refractivity contribution is 7.85. The zero-order valence-electron chi connectivity index (χ0n) is 24.9. The van der Waals surface area contributed by atoms with Crippen LogP contribution >= 0.6 is 0 Å². The fraction of sp³-hybridized carbons (Fsp3) is 0.677. The molecule has 0 heterocycles. The average molecular weight is 509 g/mol. The molecule has 0 radical (unpaired) electrons. The SMILES string of the molecule is CC(C)C(C)C(C)C(C)C.CC(C)C(C)C(C)C(C)C.CS(=O)(=O)O.c1ccc2ccccc2c1. The summed E-state index contributed by atoms with van der Waals surface area (Å²) in [6, 6.07) is 16.7. The van der Waals surface area contributed by atoms with Gasteiger partial charge in [0.05, 0.1) is 6.26 Å². The Balaban J connectivity index is 0. The minimum atomic E-state index is -3.67. The van der Waals surface area contributed by atoms with Gasteiger partial charge in [-0.1, -0.05) is 132 Å². The van der Waals surface area contributed by atoms with Crippen molar-refractivity contribution < 1.29 is 13.0 Å². The van der Waals surface area contributed by atoms with Crippen molar-refractivity contribution in [2.45, 2.75) is 83.1 Å². The van der Waals surface area contributed by atoms with E-state index in [-0.39, 0.29) is 0 Å². The molecule has 2 aromatic rings. The molecule has 2 aromatic carbocycles. The van der Waals surface area contributed by atoms with Gasteiger partial charge in [0.15, 0.2) is 0 Å². The van der Waals surface area contributed by atoms with Crippen LogP contribution in [0.2, 0.25) is 0 Å². The predicted molar refractivity (Wildman–Crippen MR) is 157 cm³/mol. The minimum Gasteiger partial charge on any atom is -0.286 e. The van der Waals surface area contributed by atoms with E-state index in [1.807, 2.05) is 0 Å². The lowest BCUT2D eigenvalue weighted by atomic mass is 9.80. The van der Waals surface area contributed by atoms with Crippen molar-refractivity contribution in [3.05, 3.63) is 48.5 Å². The number of fused-ring (bicyclic) bond motifs is 1. The molecule has 1 N–H and O–H groups in total. The predicted octanol–water partition coefficient (Wildman–Crippen LogP) is 9.49. The Morgan fingerprint density at radius 3 is 0.743 bits per heavy atom. The standard InChI is InChI=1S/C10H8.2C10H22.CH4O3S/c1-2-6-10-8-4-3-7-9(10)5-1;2*1-7(2)9(5)10(6)8(3)4;1-5(2,3)4/h1-8H;2*7-10H,1-6H3;1H3,(H,2,3,4). The third kappa shape index (κ3) is 18.5. The van der Waals surface area contributed by atoms with Crippen LogP contribution in [0.3, 0.4) is 0 Å². The Hall–Kier alpha value is -1.39. The Labute approximate surface area is 218 Å². The van der Waals surface area contributed by atoms with Crippen molar-refractivity contribution in [2.24, 2.45) is 47.3 Å². The summed E-state index contributed by atoms with van der Waals surface area (Å²) in [7, 11) is -3.67. The molecule has 4 atom stereocenters. The largest absolute Gasteiger partial charge is 0.286 e. The first kappa shape index (κ1) is 35.8. The lowest BCUT2D eigenvalue weighted by Crippen LogP contribution is -2.18. The summed E-state index contributed by atoms with van der Waals surface area (Å²) in [5, 5.41) is 2.62. The molecule has 0 fully saturated rings. The van der Waals surface area contributed by atoms with Gasteiger partial charge in [-0.3, -0.25) is 4.55 Å². The van der Waals surface area contributed by atoms with Gasteiger partial charge in [-0.15, -0.1) is 0 Å². The van der Waals surface area contributed by atoms with E-state index in [0.717, 1.165) is 47.3 Å². The second-order valence-electron chi connectivity index (χ2n) is 11.5. The summed E-state index contributed by atoms with van der Waals surface area (Å²) in [6.07, 6.45) is 0.715. The van der Waals surface area contributed by atoms with Crippen LogP contribution in [-0.2, 0) is 10.1 Å². The second kappa shape index (κ2) is 17.9. The van der Waals surface area contributed by atoms with Gasteiger partial charge < -0.3 is 0 Å². The fourth-order valence-electron chi connectivity index (χ4n) is 3.56. The lowest BCUT2D eigenvalue weighted by molar-refractivity contribution is 0.235. The quantitative estimate of drug-likeness (QED) is 0.395. The molecule has 0 spiro atoms. The Morgan fingerprint density at radius 1 is 0.486 bits per heavy atom. The van der Waals surface area contributed by atoms with E-state index in [4.69, 9.17) is 4.55 Å². The molecule has 2 rings (SSSR count). The molecular formula is C31H56O3S. The topological polar surface area (TPSA) is 54.4 Å². The maximum atomic E-state index is 9.19. The molecule has 0 saturated carbocycles. The van der Waals surface area contributed by atoms with Gasteiger partial charge in [-0.25, -0.2) is 0 Å². The normalized spacial score (nSPS) is 14.8. The molecule has 0 aromatic heterocycles. The van der Waals surface area contributed by atoms with Crippen LogP contribution in [0, 0.1) is 47.3 Å². The Kier molecular flexibility index (Phi) is 18.3. The molecule has 4 heteroatoms. The number of hydrogen-bond acceptors (Lipinski definition) is 2. The van der Waals surface area contributed by atoms with Gasteiger partial charge in [0, 0.05) is 0 Å². The molecule has 0 aliphatic rings. The van der Waals surface area contributed by atoms with Crippen molar-refractivity contribution in [1.29, 1.82) is 0 Å². The van der Waals surface area contributed by atoms with Gasteiger partial charge in [0.25, 0.3) is 10.1 Å². The summed E-state index contributed by atoms with van der Waals surface area (Å²) >= 11 is 0. The van der Waals surface area contributed by atoms with Crippen LogP contribution in [0.1, 0.15) is 83.1 Å². The van der Waals surface area contributed by atoms with Gasteiger partial charge in [-0.2, -0.15) is 8.42 Å². The molecule has 0 saturated heterocycles. The summed E-state index contributed by atoms with van der Waals surface area (Å²) in [6.45, 7) is 27.9. The first-order valence-corrected chi connectivity index (χ1v) is 15.1. The van der Waals surface area contributed by atoms with Gasteiger partial charge in [0.2, 0.25) is 0 Å². The van der Waals surface area contributed by atoms with Gasteiger partial charge in [0.1, 0.15) is 0 Å². The number of hydrogen-bond donors (Lipinski definition) is 1. The van der Waals surface area contributed by atoms with Crippen LogP contribution in [0.4, 0.5) is 0 Å². The maximum absolute atomic E-state index is 9.19. The molecule has 0 aliphatic heterocycles. The molecule has 35 heavy (non-hydrogen) atoms. The summed E-state index contributed by atoms with van der Waals surface area (Å²) in [4.78, 5) is 0. The molecule has 204 valence electrons. The van der Waals surface area contributed by atoms with Gasteiger partial charge >= 0.3 is 0 Å². The van der Waals surface area contributed by atoms with E-state index < -0.39 is 10.1 Å². The second-order valence-corrected chi connectivity index (χ2v) is 13.0. The fourth-order valence-corrected chi connectivity index (χ4v) is 3.56. The monoisotopic (exact) mass is 508 g/mol. The summed E-state index contributed by atoms with van der Waals surface area (Å²) < 4.78 is 25.9. The van der Waals surface area contributed by atoms with E-state index in [1.54, 1.807) is 0 Å². The van der Waals surface area contributed by atoms with E-state index in [1.165, 1.54) is 10.8 Å². The highest BCUT2D eigenvalue weighted by Gasteiger charge is 2.18.